The lowest BCUT2D eigenvalue weighted by Crippen LogP contribution is -2.48. The van der Waals surface area contributed by atoms with Crippen LogP contribution in [0, 0.1) is 0 Å². The van der Waals surface area contributed by atoms with Crippen LogP contribution in [0.1, 0.15) is 35.3 Å². The molecule has 2 heterocycles. The zero-order valence-electron chi connectivity index (χ0n) is 21.6. The number of benzene rings is 3. The first-order valence-electron chi connectivity index (χ1n) is 13.1. The van der Waals surface area contributed by atoms with Crippen LogP contribution in [-0.4, -0.2) is 58.0 Å². The van der Waals surface area contributed by atoms with Crippen LogP contribution in [-0.2, 0) is 11.2 Å². The summed E-state index contributed by atoms with van der Waals surface area (Å²) < 4.78 is 0. The molecule has 206 valence electrons. The summed E-state index contributed by atoms with van der Waals surface area (Å²) in [5.74, 6) is -0.882. The molecule has 0 aliphatic carbocycles. The first-order valence-corrected chi connectivity index (χ1v) is 14.2. The van der Waals surface area contributed by atoms with Crippen LogP contribution in [0.25, 0.3) is 22.3 Å². The molecule has 0 atom stereocenters. The normalized spacial score (nSPS) is 13.6. The number of aryl methyl sites for hydroxylation is 1. The highest BCUT2D eigenvalue weighted by atomic mass is 35.5. The standard InChI is InChI=1S/C30H27Cl3N4O3/c31-21-11-8-19(9-12-21)29-24(5-1-2-7-27(38)39)34-25-18-20(10-13-23(25)35-29)30(40)37-16-14-36(15-17-37)26-6-3-4-22(32)28(26)33/h3-4,6,8-13,18H,1-2,5,7,14-17H2,(H,38,39). The van der Waals surface area contributed by atoms with Crippen LogP contribution in [0.5, 0.6) is 0 Å². The Morgan fingerprint density at radius 2 is 1.60 bits per heavy atom. The lowest BCUT2D eigenvalue weighted by atomic mass is 10.0. The molecular formula is C30H27Cl3N4O3. The Labute approximate surface area is 247 Å². The minimum absolute atomic E-state index is 0.0645. The van der Waals surface area contributed by atoms with Gasteiger partial charge in [-0.15, -0.1) is 0 Å². The van der Waals surface area contributed by atoms with E-state index in [1.165, 1.54) is 0 Å². The van der Waals surface area contributed by atoms with Crippen molar-refractivity contribution in [2.45, 2.75) is 25.7 Å². The molecule has 1 aromatic heterocycles. The lowest BCUT2D eigenvalue weighted by molar-refractivity contribution is -0.137. The van der Waals surface area contributed by atoms with Gasteiger partial charge in [0, 0.05) is 48.7 Å². The Kier molecular flexibility index (Phi) is 8.74. The third-order valence-corrected chi connectivity index (χ3v) is 8.05. The number of carbonyl (C=O) groups is 2. The number of rotatable bonds is 8. The summed E-state index contributed by atoms with van der Waals surface area (Å²) >= 11 is 18.7. The lowest BCUT2D eigenvalue weighted by Gasteiger charge is -2.36. The summed E-state index contributed by atoms with van der Waals surface area (Å²) in [5, 5.41) is 10.7. The number of anilines is 1. The summed E-state index contributed by atoms with van der Waals surface area (Å²) in [6.45, 7) is 2.39. The number of fused-ring (bicyclic) bond motifs is 1. The molecule has 1 aliphatic rings. The molecule has 5 rings (SSSR count). The van der Waals surface area contributed by atoms with Gasteiger partial charge in [0.1, 0.15) is 0 Å². The predicted molar refractivity (Wildman–Crippen MR) is 160 cm³/mol. The largest absolute Gasteiger partial charge is 0.481 e. The monoisotopic (exact) mass is 596 g/mol. The first kappa shape index (κ1) is 28.1. The maximum Gasteiger partial charge on any atom is 0.303 e. The molecule has 1 amide bonds. The molecule has 0 radical (unpaired) electrons. The summed E-state index contributed by atoms with van der Waals surface area (Å²) in [5.41, 5.74) is 5.09. The summed E-state index contributed by atoms with van der Waals surface area (Å²) in [6, 6.07) is 18.4. The Hall–Kier alpha value is -3.39. The second-order valence-corrected chi connectivity index (χ2v) is 10.9. The highest BCUT2D eigenvalue weighted by Crippen LogP contribution is 2.33. The fourth-order valence-electron chi connectivity index (χ4n) is 4.88. The fraction of sp³-hybridized carbons (Fsp3) is 0.267. The van der Waals surface area contributed by atoms with Gasteiger partial charge in [-0.3, -0.25) is 9.59 Å². The van der Waals surface area contributed by atoms with Crippen molar-refractivity contribution in [2.75, 3.05) is 31.1 Å². The quantitative estimate of drug-likeness (QED) is 0.220. The second-order valence-electron chi connectivity index (χ2n) is 9.68. The number of halogens is 3. The summed E-state index contributed by atoms with van der Waals surface area (Å²) in [4.78, 5) is 38.2. The zero-order valence-corrected chi connectivity index (χ0v) is 23.9. The molecule has 4 aromatic rings. The Balaban J connectivity index is 1.37. The minimum Gasteiger partial charge on any atom is -0.481 e. The van der Waals surface area contributed by atoms with Gasteiger partial charge in [0.05, 0.1) is 38.2 Å². The van der Waals surface area contributed by atoms with Crippen LogP contribution >= 0.6 is 34.8 Å². The number of piperazine rings is 1. The molecule has 10 heteroatoms. The van der Waals surface area contributed by atoms with E-state index in [9.17, 15) is 9.59 Å². The number of hydrogen-bond donors (Lipinski definition) is 1. The van der Waals surface area contributed by atoms with E-state index >= 15 is 0 Å². The van der Waals surface area contributed by atoms with Crippen LogP contribution in [0.15, 0.2) is 60.7 Å². The zero-order chi connectivity index (χ0) is 28.2. The fourth-order valence-corrected chi connectivity index (χ4v) is 5.42. The molecule has 3 aromatic carbocycles. The van der Waals surface area contributed by atoms with Gasteiger partial charge >= 0.3 is 5.97 Å². The maximum atomic E-state index is 13.4. The molecule has 40 heavy (non-hydrogen) atoms. The Bertz CT molecular complexity index is 1550. The number of amides is 1. The second kappa shape index (κ2) is 12.4. The van der Waals surface area contributed by atoms with Gasteiger partial charge in [0.2, 0.25) is 0 Å². The van der Waals surface area contributed by atoms with E-state index in [2.05, 4.69) is 4.90 Å². The number of carboxylic acids is 1. The Morgan fingerprint density at radius 1 is 0.850 bits per heavy atom. The number of unbranched alkanes of at least 4 members (excludes halogenated alkanes) is 1. The average molecular weight is 598 g/mol. The third-order valence-electron chi connectivity index (χ3n) is 6.99. The van der Waals surface area contributed by atoms with Gasteiger partial charge in [-0.2, -0.15) is 0 Å². The first-order chi connectivity index (χ1) is 19.3. The van der Waals surface area contributed by atoms with Gasteiger partial charge in [-0.25, -0.2) is 9.97 Å². The predicted octanol–water partition coefficient (Wildman–Crippen LogP) is 7.02. The van der Waals surface area contributed by atoms with E-state index in [0.29, 0.717) is 77.1 Å². The van der Waals surface area contributed by atoms with Gasteiger partial charge in [0.15, 0.2) is 0 Å². The van der Waals surface area contributed by atoms with Gasteiger partial charge in [0.25, 0.3) is 5.91 Å². The van der Waals surface area contributed by atoms with E-state index < -0.39 is 5.97 Å². The van der Waals surface area contributed by atoms with Crippen molar-refractivity contribution < 1.29 is 14.7 Å². The van der Waals surface area contributed by atoms with Gasteiger partial charge in [-0.1, -0.05) is 53.0 Å². The number of carboxylic acid groups (broad SMARTS) is 1. The smallest absolute Gasteiger partial charge is 0.303 e. The van der Waals surface area contributed by atoms with Crippen molar-refractivity contribution in [3.63, 3.8) is 0 Å². The highest BCUT2D eigenvalue weighted by Gasteiger charge is 2.24. The number of carbonyl (C=O) groups excluding carboxylic acids is 1. The average Bonchev–Trinajstić information content (AvgIpc) is 2.96. The highest BCUT2D eigenvalue weighted by molar-refractivity contribution is 6.43. The van der Waals surface area contributed by atoms with Crippen molar-refractivity contribution in [1.82, 2.24) is 14.9 Å². The summed E-state index contributed by atoms with van der Waals surface area (Å²) in [6.07, 6.45) is 1.87. The molecule has 1 fully saturated rings. The van der Waals surface area contributed by atoms with Crippen LogP contribution in [0.3, 0.4) is 0 Å². The molecule has 0 bridgehead atoms. The van der Waals surface area contributed by atoms with Crippen LogP contribution < -0.4 is 4.90 Å². The molecule has 1 saturated heterocycles. The van der Waals surface area contributed by atoms with Crippen LogP contribution in [0.4, 0.5) is 5.69 Å². The van der Waals surface area contributed by atoms with Crippen molar-refractivity contribution in [2.24, 2.45) is 0 Å². The number of aromatic nitrogens is 2. The number of nitrogens with zero attached hydrogens (tertiary/aromatic N) is 4. The van der Waals surface area contributed by atoms with Crippen molar-refractivity contribution in [3.8, 4) is 11.3 Å². The minimum atomic E-state index is -0.817. The topological polar surface area (TPSA) is 86.6 Å². The van der Waals surface area contributed by atoms with Crippen LogP contribution in [0.2, 0.25) is 15.1 Å². The molecule has 0 saturated carbocycles. The molecule has 1 aliphatic heterocycles. The van der Waals surface area contributed by atoms with Crippen molar-refractivity contribution in [3.05, 3.63) is 87.0 Å². The molecule has 0 spiro atoms. The summed E-state index contributed by atoms with van der Waals surface area (Å²) in [7, 11) is 0. The Morgan fingerprint density at radius 3 is 2.33 bits per heavy atom. The molecule has 1 N–H and O–H groups in total. The number of aliphatic carboxylic acids is 1. The molecule has 7 nitrogen and oxygen atoms in total. The van der Waals surface area contributed by atoms with E-state index in [1.54, 1.807) is 30.3 Å². The van der Waals surface area contributed by atoms with E-state index in [4.69, 9.17) is 49.9 Å². The van der Waals surface area contributed by atoms with E-state index in [-0.39, 0.29) is 12.3 Å². The molecular weight excluding hydrogens is 571 g/mol. The maximum absolute atomic E-state index is 13.4. The van der Waals surface area contributed by atoms with Gasteiger partial charge in [-0.05, 0) is 61.7 Å². The van der Waals surface area contributed by atoms with Gasteiger partial charge < -0.3 is 14.9 Å². The SMILES string of the molecule is O=C(O)CCCCc1nc2cc(C(=O)N3CCN(c4cccc(Cl)c4Cl)CC3)ccc2nc1-c1ccc(Cl)cc1. The van der Waals surface area contributed by atoms with Crippen molar-refractivity contribution in [1.29, 1.82) is 0 Å². The van der Waals surface area contributed by atoms with E-state index in [1.807, 2.05) is 35.2 Å². The molecule has 0 unspecified atom stereocenters. The van der Waals surface area contributed by atoms with Crippen molar-refractivity contribution >= 4 is 63.4 Å². The third kappa shape index (κ3) is 6.33. The van der Waals surface area contributed by atoms with E-state index in [0.717, 1.165) is 22.6 Å². The number of hydrogen-bond acceptors (Lipinski definition) is 5.